The highest BCUT2D eigenvalue weighted by molar-refractivity contribution is 5.79. The summed E-state index contributed by atoms with van der Waals surface area (Å²) in [4.78, 5) is 9.21. The van der Waals surface area contributed by atoms with Gasteiger partial charge in [-0.3, -0.25) is 9.89 Å². The molecule has 24 heavy (non-hydrogen) atoms. The lowest BCUT2D eigenvalue weighted by Gasteiger charge is -2.34. The van der Waals surface area contributed by atoms with Crippen LogP contribution in [0.15, 0.2) is 23.2 Å². The third-order valence-corrected chi connectivity index (χ3v) is 4.54. The fourth-order valence-electron chi connectivity index (χ4n) is 2.88. The molecule has 5 nitrogen and oxygen atoms in total. The van der Waals surface area contributed by atoms with E-state index in [1.807, 2.05) is 6.07 Å². The Kier molecular flexibility index (Phi) is 7.46. The molecule has 1 aromatic rings. The van der Waals surface area contributed by atoms with Crippen LogP contribution in [-0.4, -0.2) is 68.6 Å². The van der Waals surface area contributed by atoms with Gasteiger partial charge in [-0.25, -0.2) is 4.39 Å². The minimum Gasteiger partial charge on any atom is -0.355 e. The predicted octanol–water partition coefficient (Wildman–Crippen LogP) is 1.44. The van der Waals surface area contributed by atoms with E-state index >= 15 is 0 Å². The first kappa shape index (κ1) is 18.7. The van der Waals surface area contributed by atoms with Crippen LogP contribution in [0.5, 0.6) is 0 Å². The number of hydrogen-bond donors (Lipinski definition) is 2. The van der Waals surface area contributed by atoms with Crippen molar-refractivity contribution in [3.63, 3.8) is 0 Å². The number of likely N-dealkylation sites (N-methyl/N-ethyl adjacent to an activating group) is 1. The molecule has 0 aromatic heterocycles. The zero-order valence-electron chi connectivity index (χ0n) is 15.1. The second-order valence-corrected chi connectivity index (χ2v) is 6.21. The minimum atomic E-state index is -0.163. The number of hydrogen-bond acceptors (Lipinski definition) is 3. The van der Waals surface area contributed by atoms with Crippen LogP contribution in [0, 0.1) is 12.7 Å². The normalized spacial score (nSPS) is 17.1. The summed E-state index contributed by atoms with van der Waals surface area (Å²) < 4.78 is 13.3. The maximum atomic E-state index is 13.3. The molecule has 134 valence electrons. The molecule has 0 atom stereocenters. The van der Waals surface area contributed by atoms with Gasteiger partial charge in [0.15, 0.2) is 5.96 Å². The number of guanidine groups is 1. The van der Waals surface area contributed by atoms with Gasteiger partial charge in [-0.05, 0) is 30.7 Å². The summed E-state index contributed by atoms with van der Waals surface area (Å²) in [5.41, 5.74) is 1.72. The van der Waals surface area contributed by atoms with E-state index in [4.69, 9.17) is 0 Å². The number of nitrogens with zero attached hydrogens (tertiary/aromatic N) is 3. The highest BCUT2D eigenvalue weighted by Gasteiger charge is 2.14. The molecular formula is C18H30FN5. The summed E-state index contributed by atoms with van der Waals surface area (Å²) in [6.45, 7) is 12.3. The third-order valence-electron chi connectivity index (χ3n) is 4.54. The van der Waals surface area contributed by atoms with Crippen molar-refractivity contribution in [1.82, 2.24) is 20.4 Å². The van der Waals surface area contributed by atoms with E-state index in [0.29, 0.717) is 12.1 Å². The lowest BCUT2D eigenvalue weighted by Crippen LogP contribution is -2.49. The van der Waals surface area contributed by atoms with E-state index < -0.39 is 0 Å². The predicted molar refractivity (Wildman–Crippen MR) is 97.9 cm³/mol. The standard InChI is InChI=1S/C18H30FN5/c1-4-23-9-11-24(12-10-23)8-7-21-18(20-3)22-14-16-5-6-17(19)15(2)13-16/h5-6,13H,4,7-12,14H2,1-3H3,(H2,20,21,22). The van der Waals surface area contributed by atoms with Gasteiger partial charge in [-0.15, -0.1) is 0 Å². The van der Waals surface area contributed by atoms with Crippen LogP contribution in [0.3, 0.4) is 0 Å². The first-order valence-electron chi connectivity index (χ1n) is 8.76. The molecule has 2 N–H and O–H groups in total. The lowest BCUT2D eigenvalue weighted by molar-refractivity contribution is 0.139. The van der Waals surface area contributed by atoms with Gasteiger partial charge in [0, 0.05) is 52.9 Å². The van der Waals surface area contributed by atoms with Crippen molar-refractivity contribution < 1.29 is 4.39 Å². The fourth-order valence-corrected chi connectivity index (χ4v) is 2.88. The number of aliphatic imine (C=N–C) groups is 1. The summed E-state index contributed by atoms with van der Waals surface area (Å²) in [5, 5.41) is 6.62. The van der Waals surface area contributed by atoms with Crippen molar-refractivity contribution in [2.45, 2.75) is 20.4 Å². The molecule has 2 rings (SSSR count). The fraction of sp³-hybridized carbons (Fsp3) is 0.611. The first-order chi connectivity index (χ1) is 11.6. The molecule has 1 aliphatic rings. The van der Waals surface area contributed by atoms with E-state index in [1.165, 1.54) is 6.07 Å². The summed E-state index contributed by atoms with van der Waals surface area (Å²) in [7, 11) is 1.77. The van der Waals surface area contributed by atoms with Gasteiger partial charge >= 0.3 is 0 Å². The minimum absolute atomic E-state index is 0.163. The van der Waals surface area contributed by atoms with Gasteiger partial charge in [0.05, 0.1) is 0 Å². The van der Waals surface area contributed by atoms with E-state index in [1.54, 1.807) is 20.0 Å². The molecule has 0 saturated carbocycles. The molecule has 1 saturated heterocycles. The molecule has 1 heterocycles. The maximum absolute atomic E-state index is 13.3. The Balaban J connectivity index is 1.68. The summed E-state index contributed by atoms with van der Waals surface area (Å²) >= 11 is 0. The quantitative estimate of drug-likeness (QED) is 0.610. The molecule has 1 aromatic carbocycles. The van der Waals surface area contributed by atoms with Gasteiger partial charge in [0.2, 0.25) is 0 Å². The second kappa shape index (κ2) is 9.59. The van der Waals surface area contributed by atoms with Crippen LogP contribution in [0.4, 0.5) is 4.39 Å². The Morgan fingerprint density at radius 2 is 1.88 bits per heavy atom. The van der Waals surface area contributed by atoms with Crippen molar-refractivity contribution in [3.8, 4) is 0 Å². The third kappa shape index (κ3) is 5.76. The van der Waals surface area contributed by atoms with Gasteiger partial charge in [0.1, 0.15) is 5.82 Å². The van der Waals surface area contributed by atoms with E-state index in [9.17, 15) is 4.39 Å². The highest BCUT2D eigenvalue weighted by Crippen LogP contribution is 2.08. The Morgan fingerprint density at radius 1 is 1.17 bits per heavy atom. The molecular weight excluding hydrogens is 305 g/mol. The summed E-state index contributed by atoms with van der Waals surface area (Å²) in [6.07, 6.45) is 0. The smallest absolute Gasteiger partial charge is 0.191 e. The van der Waals surface area contributed by atoms with Crippen molar-refractivity contribution in [2.24, 2.45) is 4.99 Å². The van der Waals surface area contributed by atoms with Gasteiger partial charge in [-0.2, -0.15) is 0 Å². The summed E-state index contributed by atoms with van der Waals surface area (Å²) in [5.74, 6) is 0.619. The molecule has 0 aliphatic carbocycles. The van der Waals surface area contributed by atoms with Crippen molar-refractivity contribution >= 4 is 5.96 Å². The van der Waals surface area contributed by atoms with Crippen molar-refractivity contribution in [2.75, 3.05) is 52.9 Å². The largest absolute Gasteiger partial charge is 0.355 e. The molecule has 1 fully saturated rings. The topological polar surface area (TPSA) is 42.9 Å². The van der Waals surface area contributed by atoms with E-state index in [2.05, 4.69) is 32.3 Å². The molecule has 0 radical (unpaired) electrons. The molecule has 1 aliphatic heterocycles. The second-order valence-electron chi connectivity index (χ2n) is 6.21. The average molecular weight is 335 g/mol. The van der Waals surface area contributed by atoms with Crippen LogP contribution in [0.2, 0.25) is 0 Å². The number of piperazine rings is 1. The van der Waals surface area contributed by atoms with Gasteiger partial charge < -0.3 is 15.5 Å². The van der Waals surface area contributed by atoms with Gasteiger partial charge in [-0.1, -0.05) is 19.1 Å². The highest BCUT2D eigenvalue weighted by atomic mass is 19.1. The number of nitrogens with one attached hydrogen (secondary N) is 2. The maximum Gasteiger partial charge on any atom is 0.191 e. The molecule has 0 bridgehead atoms. The Bertz CT molecular complexity index is 538. The van der Waals surface area contributed by atoms with Crippen molar-refractivity contribution in [3.05, 3.63) is 35.1 Å². The zero-order chi connectivity index (χ0) is 17.4. The number of rotatable bonds is 6. The van der Waals surface area contributed by atoms with Crippen molar-refractivity contribution in [1.29, 1.82) is 0 Å². The Hall–Kier alpha value is -1.66. The first-order valence-corrected chi connectivity index (χ1v) is 8.76. The van der Waals surface area contributed by atoms with E-state index in [0.717, 1.165) is 57.3 Å². The van der Waals surface area contributed by atoms with E-state index in [-0.39, 0.29) is 5.82 Å². The molecule has 6 heteroatoms. The Labute approximate surface area is 144 Å². The van der Waals surface area contributed by atoms with Crippen LogP contribution in [0.1, 0.15) is 18.1 Å². The average Bonchev–Trinajstić information content (AvgIpc) is 2.61. The monoisotopic (exact) mass is 335 g/mol. The Morgan fingerprint density at radius 3 is 2.50 bits per heavy atom. The lowest BCUT2D eigenvalue weighted by atomic mass is 10.1. The summed E-state index contributed by atoms with van der Waals surface area (Å²) in [6, 6.07) is 5.18. The number of benzene rings is 1. The molecule has 0 spiro atoms. The SMILES string of the molecule is CCN1CCN(CCNC(=NC)NCc2ccc(F)c(C)c2)CC1. The zero-order valence-corrected chi connectivity index (χ0v) is 15.1. The van der Waals surface area contributed by atoms with Crippen LogP contribution >= 0.6 is 0 Å². The molecule has 0 unspecified atom stereocenters. The van der Waals surface area contributed by atoms with Gasteiger partial charge in [0.25, 0.3) is 0 Å². The van der Waals surface area contributed by atoms with Crippen LogP contribution in [0.25, 0.3) is 0 Å². The van der Waals surface area contributed by atoms with Crippen LogP contribution in [-0.2, 0) is 6.54 Å². The number of aryl methyl sites for hydroxylation is 1. The molecule has 0 amide bonds. The number of halogens is 1. The van der Waals surface area contributed by atoms with Crippen LogP contribution < -0.4 is 10.6 Å².